The van der Waals surface area contributed by atoms with Crippen LogP contribution in [0.1, 0.15) is 25.0 Å². The van der Waals surface area contributed by atoms with Gasteiger partial charge in [-0.3, -0.25) is 4.98 Å². The van der Waals surface area contributed by atoms with Gasteiger partial charge in [-0.25, -0.2) is 4.79 Å². The predicted molar refractivity (Wildman–Crippen MR) is 67.6 cm³/mol. The number of hydrogen-bond donors (Lipinski definition) is 1. The molecule has 1 atom stereocenters. The van der Waals surface area contributed by atoms with Crippen molar-refractivity contribution in [2.75, 3.05) is 7.11 Å². The molecule has 1 heterocycles. The van der Waals surface area contributed by atoms with E-state index in [1.54, 1.807) is 6.20 Å². The number of rotatable bonds is 5. The van der Waals surface area contributed by atoms with E-state index in [-0.39, 0.29) is 0 Å². The molecule has 0 radical (unpaired) electrons. The van der Waals surface area contributed by atoms with Crippen LogP contribution in [0.3, 0.4) is 0 Å². The Morgan fingerprint density at radius 2 is 2.39 bits per heavy atom. The van der Waals surface area contributed by atoms with Gasteiger partial charge in [0.2, 0.25) is 0 Å². The number of aliphatic hydroxyl groups is 1. The smallest absolute Gasteiger partial charge is 0.384 e. The average molecular weight is 247 g/mol. The van der Waals surface area contributed by atoms with E-state index in [1.165, 1.54) is 7.11 Å². The highest BCUT2D eigenvalue weighted by Gasteiger charge is 2.05. The molecule has 0 aliphatic heterocycles. The van der Waals surface area contributed by atoms with Gasteiger partial charge in [0.15, 0.2) is 0 Å². The van der Waals surface area contributed by atoms with E-state index in [0.717, 1.165) is 12.1 Å². The lowest BCUT2D eigenvalue weighted by molar-refractivity contribution is -0.133. The Kier molecular flexibility index (Phi) is 6.52. The van der Waals surface area contributed by atoms with Crippen LogP contribution in [0.4, 0.5) is 0 Å². The van der Waals surface area contributed by atoms with Gasteiger partial charge in [-0.1, -0.05) is 12.0 Å². The number of aromatic nitrogens is 1. The molecule has 0 aliphatic carbocycles. The lowest BCUT2D eigenvalue weighted by Gasteiger charge is -2.08. The maximum absolute atomic E-state index is 10.7. The molecule has 96 valence electrons. The van der Waals surface area contributed by atoms with Crippen molar-refractivity contribution in [1.82, 2.24) is 4.98 Å². The second-order valence-electron chi connectivity index (χ2n) is 3.86. The Morgan fingerprint density at radius 3 is 3.06 bits per heavy atom. The summed E-state index contributed by atoms with van der Waals surface area (Å²) in [7, 11) is 1.30. The summed E-state index contributed by atoms with van der Waals surface area (Å²) in [6, 6.07) is 5.63. The van der Waals surface area contributed by atoms with E-state index in [2.05, 4.69) is 21.6 Å². The van der Waals surface area contributed by atoms with Crippen molar-refractivity contribution in [3.8, 4) is 11.8 Å². The molecule has 1 unspecified atom stereocenters. The van der Waals surface area contributed by atoms with Crippen LogP contribution in [0, 0.1) is 11.8 Å². The fourth-order valence-corrected chi connectivity index (χ4v) is 1.47. The molecule has 1 aromatic heterocycles. The number of nitrogens with zero attached hydrogens (tertiary/aromatic N) is 1. The minimum Gasteiger partial charge on any atom is -0.459 e. The lowest BCUT2D eigenvalue weighted by atomic mass is 10.1. The van der Waals surface area contributed by atoms with Crippen molar-refractivity contribution in [2.24, 2.45) is 0 Å². The molecule has 1 aromatic rings. The number of hydrogen-bond acceptors (Lipinski definition) is 4. The van der Waals surface area contributed by atoms with Crippen LogP contribution in [-0.4, -0.2) is 29.3 Å². The first-order valence-electron chi connectivity index (χ1n) is 5.87. The Balaban J connectivity index is 2.19. The Bertz CT molecular complexity index is 420. The normalized spacial score (nSPS) is 11.2. The highest BCUT2D eigenvalue weighted by molar-refractivity contribution is 5.88. The van der Waals surface area contributed by atoms with Crippen molar-refractivity contribution in [1.29, 1.82) is 0 Å². The maximum Gasteiger partial charge on any atom is 0.384 e. The van der Waals surface area contributed by atoms with E-state index in [1.807, 2.05) is 18.2 Å². The zero-order valence-electron chi connectivity index (χ0n) is 10.4. The van der Waals surface area contributed by atoms with E-state index in [4.69, 9.17) is 0 Å². The summed E-state index contributed by atoms with van der Waals surface area (Å²) in [5.41, 5.74) is 0.880. The molecule has 0 aliphatic rings. The summed E-state index contributed by atoms with van der Waals surface area (Å²) < 4.78 is 4.39. The first-order valence-corrected chi connectivity index (χ1v) is 5.87. The Morgan fingerprint density at radius 1 is 1.56 bits per heavy atom. The monoisotopic (exact) mass is 247 g/mol. The van der Waals surface area contributed by atoms with Crippen LogP contribution >= 0.6 is 0 Å². The number of methoxy groups -OCH3 is 1. The third kappa shape index (κ3) is 6.02. The topological polar surface area (TPSA) is 59.4 Å². The minimum absolute atomic E-state index is 0.417. The summed E-state index contributed by atoms with van der Waals surface area (Å²) in [5, 5.41) is 9.78. The molecule has 0 saturated carbocycles. The molecular formula is C14H17NO3. The largest absolute Gasteiger partial charge is 0.459 e. The molecular weight excluding hydrogens is 230 g/mol. The Labute approximate surface area is 107 Å². The molecule has 4 heteroatoms. The fourth-order valence-electron chi connectivity index (χ4n) is 1.47. The van der Waals surface area contributed by atoms with Gasteiger partial charge < -0.3 is 9.84 Å². The van der Waals surface area contributed by atoms with Crippen molar-refractivity contribution in [3.05, 3.63) is 30.1 Å². The zero-order valence-corrected chi connectivity index (χ0v) is 10.4. The number of esters is 1. The van der Waals surface area contributed by atoms with Crippen LogP contribution in [0.5, 0.6) is 0 Å². The van der Waals surface area contributed by atoms with Gasteiger partial charge in [-0.05, 0) is 25.0 Å². The van der Waals surface area contributed by atoms with Gasteiger partial charge in [-0.15, -0.1) is 0 Å². The third-order valence-corrected chi connectivity index (χ3v) is 2.39. The van der Waals surface area contributed by atoms with Crippen molar-refractivity contribution in [3.63, 3.8) is 0 Å². The molecule has 0 amide bonds. The van der Waals surface area contributed by atoms with E-state index >= 15 is 0 Å². The summed E-state index contributed by atoms with van der Waals surface area (Å²) in [6.45, 7) is 0. The molecule has 0 saturated heterocycles. The molecule has 1 rings (SSSR count). The van der Waals surface area contributed by atoms with Crippen LogP contribution in [0.2, 0.25) is 0 Å². The highest BCUT2D eigenvalue weighted by atomic mass is 16.5. The summed E-state index contributed by atoms with van der Waals surface area (Å²) in [5.74, 6) is 4.53. The number of carbonyl (C=O) groups is 1. The standard InChI is InChI=1S/C14H17NO3/c1-18-14(17)9-4-2-3-8-13(16)11-12-7-5-6-10-15-12/h5-7,10,13,16H,2-3,8,11H2,1H3. The SMILES string of the molecule is COC(=O)C#CCCCC(O)Cc1ccccn1. The molecule has 0 fully saturated rings. The quantitative estimate of drug-likeness (QED) is 0.369. The number of ether oxygens (including phenoxy) is 1. The van der Waals surface area contributed by atoms with Gasteiger partial charge in [0.25, 0.3) is 0 Å². The van der Waals surface area contributed by atoms with E-state index in [0.29, 0.717) is 19.3 Å². The van der Waals surface area contributed by atoms with Gasteiger partial charge >= 0.3 is 5.97 Å². The summed E-state index contributed by atoms with van der Waals surface area (Å²) in [6.07, 6.45) is 3.81. The van der Waals surface area contributed by atoms with Crippen LogP contribution in [0.15, 0.2) is 24.4 Å². The number of pyridine rings is 1. The Hall–Kier alpha value is -1.86. The van der Waals surface area contributed by atoms with Crippen LogP contribution in [-0.2, 0) is 16.0 Å². The fraction of sp³-hybridized carbons (Fsp3) is 0.429. The number of carbonyl (C=O) groups excluding carboxylic acids is 1. The first kappa shape index (κ1) is 14.2. The van der Waals surface area contributed by atoms with Gasteiger partial charge in [0, 0.05) is 30.7 Å². The molecule has 4 nitrogen and oxygen atoms in total. The zero-order chi connectivity index (χ0) is 13.2. The molecule has 0 aromatic carbocycles. The van der Waals surface area contributed by atoms with Crippen molar-refractivity contribution in [2.45, 2.75) is 31.8 Å². The lowest BCUT2D eigenvalue weighted by Crippen LogP contribution is -2.11. The van der Waals surface area contributed by atoms with Gasteiger partial charge in [0.1, 0.15) is 0 Å². The predicted octanol–water partition coefficient (Wildman–Crippen LogP) is 1.33. The van der Waals surface area contributed by atoms with E-state index < -0.39 is 12.1 Å². The molecule has 0 bridgehead atoms. The highest BCUT2D eigenvalue weighted by Crippen LogP contribution is 2.06. The van der Waals surface area contributed by atoms with Crippen molar-refractivity contribution >= 4 is 5.97 Å². The van der Waals surface area contributed by atoms with Gasteiger partial charge in [-0.2, -0.15) is 0 Å². The molecule has 1 N–H and O–H groups in total. The van der Waals surface area contributed by atoms with E-state index in [9.17, 15) is 9.90 Å². The van der Waals surface area contributed by atoms with Crippen LogP contribution in [0.25, 0.3) is 0 Å². The first-order chi connectivity index (χ1) is 8.72. The molecule has 18 heavy (non-hydrogen) atoms. The summed E-state index contributed by atoms with van der Waals surface area (Å²) >= 11 is 0. The molecule has 0 spiro atoms. The maximum atomic E-state index is 10.7. The van der Waals surface area contributed by atoms with Gasteiger partial charge in [0.05, 0.1) is 13.2 Å². The minimum atomic E-state index is -0.524. The third-order valence-electron chi connectivity index (χ3n) is 2.39. The average Bonchev–Trinajstić information content (AvgIpc) is 2.39. The summed E-state index contributed by atoms with van der Waals surface area (Å²) in [4.78, 5) is 14.8. The number of aliphatic hydroxyl groups excluding tert-OH is 1. The second-order valence-corrected chi connectivity index (χ2v) is 3.86. The van der Waals surface area contributed by atoms with Crippen molar-refractivity contribution < 1.29 is 14.6 Å². The number of unbranched alkanes of at least 4 members (excludes halogenated alkanes) is 1. The van der Waals surface area contributed by atoms with Crippen LogP contribution < -0.4 is 0 Å². The second kappa shape index (κ2) is 8.26.